The van der Waals surface area contributed by atoms with Gasteiger partial charge in [-0.3, -0.25) is 19.3 Å². The molecule has 0 bridgehead atoms. The summed E-state index contributed by atoms with van der Waals surface area (Å²) in [5, 5.41) is 2.45. The molecule has 0 atom stereocenters. The number of hydrogen-bond donors (Lipinski definition) is 1. The third-order valence-corrected chi connectivity index (χ3v) is 6.87. The molecule has 3 aromatic rings. The lowest BCUT2D eigenvalue weighted by Crippen LogP contribution is -2.27. The van der Waals surface area contributed by atoms with E-state index < -0.39 is 0 Å². The first kappa shape index (κ1) is 27.3. The summed E-state index contributed by atoms with van der Waals surface area (Å²) >= 11 is 4.27. The standard InChI is InChI=1S/C28H25BrN2O6S/c1-3-36-22-7-5-4-6-21(22)30-26(32)17-37-23-13-10-19(14-24(23)35-2)15-25-27(33)31(28(34)38-25)16-18-8-11-20(29)12-9-18/h4-15H,3,16-17H2,1-2H3,(H,30,32)/b25-15+. The SMILES string of the molecule is CCOc1ccccc1NC(=O)COc1ccc(/C=C2/SC(=O)N(Cc3ccc(Br)cc3)C2=O)cc1OC. The van der Waals surface area contributed by atoms with E-state index in [2.05, 4.69) is 21.2 Å². The number of nitrogens with zero attached hydrogens (tertiary/aromatic N) is 1. The van der Waals surface area contributed by atoms with E-state index in [1.165, 1.54) is 12.0 Å². The van der Waals surface area contributed by atoms with Crippen molar-refractivity contribution >= 4 is 56.5 Å². The van der Waals surface area contributed by atoms with Crippen molar-refractivity contribution in [3.8, 4) is 17.2 Å². The van der Waals surface area contributed by atoms with Gasteiger partial charge in [0.25, 0.3) is 17.1 Å². The van der Waals surface area contributed by atoms with Gasteiger partial charge in [0.05, 0.1) is 30.9 Å². The van der Waals surface area contributed by atoms with E-state index in [0.29, 0.717) is 40.0 Å². The number of amides is 3. The first-order chi connectivity index (χ1) is 18.4. The van der Waals surface area contributed by atoms with Crippen molar-refractivity contribution < 1.29 is 28.6 Å². The lowest BCUT2D eigenvalue weighted by molar-refractivity contribution is -0.123. The molecule has 0 unspecified atom stereocenters. The summed E-state index contributed by atoms with van der Waals surface area (Å²) in [6.45, 7) is 2.30. The second-order valence-corrected chi connectivity index (χ2v) is 9.98. The normalized spacial score (nSPS) is 14.1. The maximum absolute atomic E-state index is 12.9. The van der Waals surface area contributed by atoms with Crippen molar-refractivity contribution in [1.29, 1.82) is 0 Å². The van der Waals surface area contributed by atoms with Gasteiger partial charge < -0.3 is 19.5 Å². The molecule has 0 radical (unpaired) electrons. The predicted octanol–water partition coefficient (Wildman–Crippen LogP) is 6.11. The fourth-order valence-corrected chi connectivity index (χ4v) is 4.74. The van der Waals surface area contributed by atoms with Crippen LogP contribution in [0.1, 0.15) is 18.1 Å². The van der Waals surface area contributed by atoms with Crippen molar-refractivity contribution in [1.82, 2.24) is 4.90 Å². The van der Waals surface area contributed by atoms with Crippen molar-refractivity contribution in [2.75, 3.05) is 25.6 Å². The highest BCUT2D eigenvalue weighted by atomic mass is 79.9. The lowest BCUT2D eigenvalue weighted by Gasteiger charge is -2.13. The van der Waals surface area contributed by atoms with E-state index in [4.69, 9.17) is 14.2 Å². The smallest absolute Gasteiger partial charge is 0.293 e. The Labute approximate surface area is 233 Å². The van der Waals surface area contributed by atoms with Gasteiger partial charge in [-0.2, -0.15) is 0 Å². The summed E-state index contributed by atoms with van der Waals surface area (Å²) < 4.78 is 17.6. The minimum Gasteiger partial charge on any atom is -0.493 e. The Morgan fingerprint density at radius 3 is 2.50 bits per heavy atom. The molecule has 1 saturated heterocycles. The Hall–Kier alpha value is -3.76. The highest BCUT2D eigenvalue weighted by Crippen LogP contribution is 2.35. The Morgan fingerprint density at radius 2 is 1.76 bits per heavy atom. The highest BCUT2D eigenvalue weighted by molar-refractivity contribution is 9.10. The van der Waals surface area contributed by atoms with Gasteiger partial charge in [0.1, 0.15) is 5.75 Å². The number of thioether (sulfide) groups is 1. The fraction of sp³-hybridized carbons (Fsp3) is 0.179. The number of halogens is 1. The van der Waals surface area contributed by atoms with E-state index in [9.17, 15) is 14.4 Å². The van der Waals surface area contributed by atoms with Crippen LogP contribution in [0.15, 0.2) is 76.1 Å². The molecular formula is C28H25BrN2O6S. The maximum Gasteiger partial charge on any atom is 0.293 e. The molecule has 4 rings (SSSR count). The molecule has 0 spiro atoms. The number of carbonyl (C=O) groups is 3. The average Bonchev–Trinajstić information content (AvgIpc) is 3.17. The van der Waals surface area contributed by atoms with Gasteiger partial charge in [-0.15, -0.1) is 0 Å². The van der Waals surface area contributed by atoms with Crippen molar-refractivity contribution in [2.45, 2.75) is 13.5 Å². The average molecular weight is 597 g/mol. The molecule has 38 heavy (non-hydrogen) atoms. The molecule has 1 aliphatic rings. The fourth-order valence-electron chi connectivity index (χ4n) is 3.63. The van der Waals surface area contributed by atoms with Gasteiger partial charge in [-0.1, -0.05) is 46.3 Å². The minimum atomic E-state index is -0.359. The van der Waals surface area contributed by atoms with Gasteiger partial charge in [0.15, 0.2) is 18.1 Å². The van der Waals surface area contributed by atoms with Crippen LogP contribution < -0.4 is 19.5 Å². The summed E-state index contributed by atoms with van der Waals surface area (Å²) in [6, 6.07) is 19.7. The summed E-state index contributed by atoms with van der Waals surface area (Å²) in [5.41, 5.74) is 2.06. The predicted molar refractivity (Wildman–Crippen MR) is 150 cm³/mol. The van der Waals surface area contributed by atoms with Crippen LogP contribution in [-0.2, 0) is 16.1 Å². The van der Waals surface area contributed by atoms with Gasteiger partial charge in [0, 0.05) is 4.47 Å². The van der Waals surface area contributed by atoms with E-state index in [0.717, 1.165) is 21.8 Å². The van der Waals surface area contributed by atoms with E-state index in [1.54, 1.807) is 42.5 Å². The molecule has 0 saturated carbocycles. The van der Waals surface area contributed by atoms with Crippen LogP contribution in [-0.4, -0.2) is 42.3 Å². The number of methoxy groups -OCH3 is 1. The Bertz CT molecular complexity index is 1380. The van der Waals surface area contributed by atoms with E-state index in [-0.39, 0.29) is 30.2 Å². The minimum absolute atomic E-state index is 0.197. The zero-order chi connectivity index (χ0) is 27.1. The van der Waals surface area contributed by atoms with Crippen LogP contribution in [0, 0.1) is 0 Å². The molecule has 1 N–H and O–H groups in total. The number of anilines is 1. The second-order valence-electron chi connectivity index (χ2n) is 8.07. The first-order valence-corrected chi connectivity index (χ1v) is 13.3. The van der Waals surface area contributed by atoms with Crippen molar-refractivity contribution in [3.05, 3.63) is 87.2 Å². The van der Waals surface area contributed by atoms with Gasteiger partial charge >= 0.3 is 0 Å². The summed E-state index contributed by atoms with van der Waals surface area (Å²) in [5.74, 6) is 0.608. The zero-order valence-corrected chi connectivity index (χ0v) is 23.1. The summed E-state index contributed by atoms with van der Waals surface area (Å²) in [4.78, 5) is 39.4. The number of carbonyl (C=O) groups excluding carboxylic acids is 3. The topological polar surface area (TPSA) is 94.2 Å². The number of ether oxygens (including phenoxy) is 3. The Balaban J connectivity index is 1.41. The monoisotopic (exact) mass is 596 g/mol. The first-order valence-electron chi connectivity index (χ1n) is 11.7. The molecule has 196 valence electrons. The van der Waals surface area contributed by atoms with E-state index >= 15 is 0 Å². The highest BCUT2D eigenvalue weighted by Gasteiger charge is 2.35. The van der Waals surface area contributed by atoms with Crippen LogP contribution >= 0.6 is 27.7 Å². The van der Waals surface area contributed by atoms with E-state index in [1.807, 2.05) is 37.3 Å². The molecule has 1 heterocycles. The van der Waals surface area contributed by atoms with Crippen molar-refractivity contribution in [2.24, 2.45) is 0 Å². The number of hydrogen-bond acceptors (Lipinski definition) is 7. The number of nitrogens with one attached hydrogen (secondary N) is 1. The molecule has 8 nitrogen and oxygen atoms in total. The summed E-state index contributed by atoms with van der Waals surface area (Å²) in [6.07, 6.45) is 1.64. The quantitative estimate of drug-likeness (QED) is 0.282. The third-order valence-electron chi connectivity index (χ3n) is 5.43. The molecular weight excluding hydrogens is 572 g/mol. The number of para-hydroxylation sites is 2. The maximum atomic E-state index is 12.9. The summed E-state index contributed by atoms with van der Waals surface area (Å²) in [7, 11) is 1.48. The van der Waals surface area contributed by atoms with Gasteiger partial charge in [-0.25, -0.2) is 0 Å². The molecule has 3 aromatic carbocycles. The molecule has 10 heteroatoms. The molecule has 1 aliphatic heterocycles. The van der Waals surface area contributed by atoms with Gasteiger partial charge in [0.2, 0.25) is 0 Å². The Kier molecular flexibility index (Phi) is 9.09. The van der Waals surface area contributed by atoms with Crippen LogP contribution in [0.3, 0.4) is 0 Å². The largest absolute Gasteiger partial charge is 0.493 e. The van der Waals surface area contributed by atoms with Crippen LogP contribution in [0.4, 0.5) is 10.5 Å². The molecule has 0 aliphatic carbocycles. The van der Waals surface area contributed by atoms with Gasteiger partial charge in [-0.05, 0) is 72.3 Å². The number of rotatable bonds is 10. The lowest BCUT2D eigenvalue weighted by atomic mass is 10.1. The molecule has 1 fully saturated rings. The Morgan fingerprint density at radius 1 is 1.00 bits per heavy atom. The zero-order valence-electron chi connectivity index (χ0n) is 20.7. The van der Waals surface area contributed by atoms with Crippen LogP contribution in [0.25, 0.3) is 6.08 Å². The molecule has 0 aromatic heterocycles. The molecule has 3 amide bonds. The number of benzene rings is 3. The van der Waals surface area contributed by atoms with Crippen LogP contribution in [0.2, 0.25) is 0 Å². The number of imide groups is 1. The second kappa shape index (κ2) is 12.7. The third kappa shape index (κ3) is 6.76. The van der Waals surface area contributed by atoms with Crippen LogP contribution in [0.5, 0.6) is 17.2 Å². The van der Waals surface area contributed by atoms with Crippen molar-refractivity contribution in [3.63, 3.8) is 0 Å².